The van der Waals surface area contributed by atoms with E-state index in [-0.39, 0.29) is 11.5 Å². The summed E-state index contributed by atoms with van der Waals surface area (Å²) in [6.45, 7) is 0. The van der Waals surface area contributed by atoms with Gasteiger partial charge >= 0.3 is 0 Å². The van der Waals surface area contributed by atoms with Crippen LogP contribution >= 0.6 is 0 Å². The number of methoxy groups -OCH3 is 1. The second-order valence-electron chi connectivity index (χ2n) is 2.96. The van der Waals surface area contributed by atoms with E-state index in [2.05, 4.69) is 0 Å². The number of ether oxygens (including phenoxy) is 1. The molecule has 0 saturated heterocycles. The van der Waals surface area contributed by atoms with Crippen LogP contribution in [0.5, 0.6) is 0 Å². The highest BCUT2D eigenvalue weighted by molar-refractivity contribution is 5.89. The molecule has 2 aliphatic carbocycles. The van der Waals surface area contributed by atoms with E-state index in [1.807, 2.05) is 12.2 Å². The third kappa shape index (κ3) is 0.504. The molecule has 2 rings (SSSR count). The van der Waals surface area contributed by atoms with Crippen LogP contribution in [0, 0.1) is 5.92 Å². The van der Waals surface area contributed by atoms with Crippen LogP contribution in [0.3, 0.4) is 0 Å². The van der Waals surface area contributed by atoms with Crippen LogP contribution in [-0.2, 0) is 9.53 Å². The zero-order chi connectivity index (χ0) is 7.19. The molecule has 0 heterocycles. The molecule has 0 N–H and O–H groups in total. The lowest BCUT2D eigenvalue weighted by Crippen LogP contribution is -2.40. The first kappa shape index (κ1) is 6.10. The predicted octanol–water partition coefficient (Wildman–Crippen LogP) is 0.921. The summed E-state index contributed by atoms with van der Waals surface area (Å²) in [5.74, 6) is 0.418. The van der Waals surface area contributed by atoms with Gasteiger partial charge in [0.05, 0.1) is 11.5 Å². The Balaban J connectivity index is 2.29. The van der Waals surface area contributed by atoms with Crippen molar-refractivity contribution in [1.29, 1.82) is 0 Å². The molecule has 0 aromatic rings. The van der Waals surface area contributed by atoms with Crippen LogP contribution in [-0.4, -0.2) is 18.5 Å². The van der Waals surface area contributed by atoms with Crippen molar-refractivity contribution in [3.8, 4) is 0 Å². The summed E-state index contributed by atoms with van der Waals surface area (Å²) in [6.07, 6.45) is 5.51. The number of hydrogen-bond acceptors (Lipinski definition) is 2. The maximum atomic E-state index is 11.1. The van der Waals surface area contributed by atoms with E-state index in [9.17, 15) is 4.79 Å². The lowest BCUT2D eigenvalue weighted by Gasteiger charge is -2.35. The lowest BCUT2D eigenvalue weighted by molar-refractivity contribution is -0.123. The highest BCUT2D eigenvalue weighted by atomic mass is 16.5. The number of hydrogen-bond donors (Lipinski definition) is 0. The number of ketones is 1. The molecule has 1 saturated carbocycles. The Morgan fingerprint density at radius 3 is 2.90 bits per heavy atom. The molecule has 10 heavy (non-hydrogen) atoms. The van der Waals surface area contributed by atoms with Gasteiger partial charge in [-0.1, -0.05) is 12.2 Å². The normalized spacial score (nSPS) is 43.3. The quantitative estimate of drug-likeness (QED) is 0.504. The number of carbonyl (C=O) groups excluding carboxylic acids is 1. The average molecular weight is 138 g/mol. The van der Waals surface area contributed by atoms with E-state index in [1.54, 1.807) is 7.11 Å². The molecule has 0 spiro atoms. The largest absolute Gasteiger partial charge is 0.373 e. The molecule has 0 bridgehead atoms. The SMILES string of the molecule is COC12C=CC1C(=O)CC2. The Labute approximate surface area is 59.9 Å². The van der Waals surface area contributed by atoms with Crippen LogP contribution in [0.1, 0.15) is 12.8 Å². The molecular formula is C8H10O2. The summed E-state index contributed by atoms with van der Waals surface area (Å²) >= 11 is 0. The molecular weight excluding hydrogens is 128 g/mol. The van der Waals surface area contributed by atoms with Crippen LogP contribution in [0.2, 0.25) is 0 Å². The van der Waals surface area contributed by atoms with Gasteiger partial charge in [-0.25, -0.2) is 0 Å². The van der Waals surface area contributed by atoms with Gasteiger partial charge in [0.25, 0.3) is 0 Å². The van der Waals surface area contributed by atoms with Gasteiger partial charge < -0.3 is 4.74 Å². The second-order valence-corrected chi connectivity index (χ2v) is 2.96. The number of Topliss-reactive ketones (excluding diaryl/α,β-unsaturated/α-hetero) is 1. The van der Waals surface area contributed by atoms with E-state index >= 15 is 0 Å². The molecule has 2 nitrogen and oxygen atoms in total. The Morgan fingerprint density at radius 2 is 2.60 bits per heavy atom. The number of fused-ring (bicyclic) bond motifs is 1. The first-order valence-corrected chi connectivity index (χ1v) is 3.56. The Kier molecular flexibility index (Phi) is 1.04. The van der Waals surface area contributed by atoms with E-state index in [1.165, 1.54) is 0 Å². The molecule has 0 aromatic heterocycles. The zero-order valence-corrected chi connectivity index (χ0v) is 5.96. The highest BCUT2D eigenvalue weighted by Crippen LogP contribution is 2.44. The maximum absolute atomic E-state index is 11.1. The summed E-state index contributed by atoms with van der Waals surface area (Å²) < 4.78 is 5.26. The minimum Gasteiger partial charge on any atom is -0.373 e. The van der Waals surface area contributed by atoms with Crippen molar-refractivity contribution in [3.63, 3.8) is 0 Å². The van der Waals surface area contributed by atoms with E-state index in [0.717, 1.165) is 6.42 Å². The molecule has 0 amide bonds. The fraction of sp³-hybridized carbons (Fsp3) is 0.625. The van der Waals surface area contributed by atoms with Crippen LogP contribution < -0.4 is 0 Å². The first-order valence-electron chi connectivity index (χ1n) is 3.56. The monoisotopic (exact) mass is 138 g/mol. The molecule has 2 atom stereocenters. The molecule has 2 aliphatic rings. The van der Waals surface area contributed by atoms with Crippen molar-refractivity contribution in [2.45, 2.75) is 18.4 Å². The van der Waals surface area contributed by atoms with E-state index in [4.69, 9.17) is 4.74 Å². The Morgan fingerprint density at radius 1 is 1.80 bits per heavy atom. The predicted molar refractivity (Wildman–Crippen MR) is 36.6 cm³/mol. The smallest absolute Gasteiger partial charge is 0.143 e. The molecule has 0 aromatic carbocycles. The van der Waals surface area contributed by atoms with Gasteiger partial charge in [0.2, 0.25) is 0 Å². The number of rotatable bonds is 1. The van der Waals surface area contributed by atoms with Gasteiger partial charge in [-0.2, -0.15) is 0 Å². The molecule has 1 fully saturated rings. The van der Waals surface area contributed by atoms with Crippen molar-refractivity contribution < 1.29 is 9.53 Å². The highest BCUT2D eigenvalue weighted by Gasteiger charge is 2.50. The first-order chi connectivity index (χ1) is 4.78. The van der Waals surface area contributed by atoms with Gasteiger partial charge in [0.1, 0.15) is 5.78 Å². The number of carbonyl (C=O) groups is 1. The summed E-state index contributed by atoms with van der Waals surface area (Å²) in [5.41, 5.74) is -0.183. The summed E-state index contributed by atoms with van der Waals surface area (Å²) in [4.78, 5) is 11.1. The summed E-state index contributed by atoms with van der Waals surface area (Å²) in [7, 11) is 1.68. The van der Waals surface area contributed by atoms with Crippen LogP contribution in [0.25, 0.3) is 0 Å². The summed E-state index contributed by atoms with van der Waals surface area (Å²) in [6, 6.07) is 0. The average Bonchev–Trinajstić information content (AvgIpc) is 2.06. The second kappa shape index (κ2) is 1.70. The molecule has 54 valence electrons. The summed E-state index contributed by atoms with van der Waals surface area (Å²) in [5, 5.41) is 0. The lowest BCUT2D eigenvalue weighted by atomic mass is 9.80. The van der Waals surface area contributed by atoms with Gasteiger partial charge in [-0.3, -0.25) is 4.79 Å². The topological polar surface area (TPSA) is 26.3 Å². The third-order valence-corrected chi connectivity index (χ3v) is 2.59. The third-order valence-electron chi connectivity index (χ3n) is 2.59. The fourth-order valence-corrected chi connectivity index (χ4v) is 1.80. The zero-order valence-electron chi connectivity index (χ0n) is 5.96. The van der Waals surface area contributed by atoms with Crippen molar-refractivity contribution >= 4 is 5.78 Å². The van der Waals surface area contributed by atoms with E-state index < -0.39 is 0 Å². The molecule has 0 radical (unpaired) electrons. The minimum atomic E-state index is -0.183. The van der Waals surface area contributed by atoms with Crippen LogP contribution in [0.15, 0.2) is 12.2 Å². The fourth-order valence-electron chi connectivity index (χ4n) is 1.80. The standard InChI is InChI=1S/C8H10O2/c1-10-8-4-2-6(8)7(9)3-5-8/h2,4,6H,3,5H2,1H3. The maximum Gasteiger partial charge on any atom is 0.143 e. The Bertz CT molecular complexity index is 207. The van der Waals surface area contributed by atoms with Crippen molar-refractivity contribution in [2.75, 3.05) is 7.11 Å². The van der Waals surface area contributed by atoms with Gasteiger partial charge in [-0.15, -0.1) is 0 Å². The van der Waals surface area contributed by atoms with Crippen molar-refractivity contribution in [1.82, 2.24) is 0 Å². The minimum absolute atomic E-state index is 0.0810. The van der Waals surface area contributed by atoms with Gasteiger partial charge in [0.15, 0.2) is 0 Å². The molecule has 0 aliphatic heterocycles. The molecule has 2 unspecified atom stereocenters. The van der Waals surface area contributed by atoms with Gasteiger partial charge in [0, 0.05) is 13.5 Å². The van der Waals surface area contributed by atoms with Gasteiger partial charge in [-0.05, 0) is 6.42 Å². The van der Waals surface area contributed by atoms with Crippen molar-refractivity contribution in [3.05, 3.63) is 12.2 Å². The van der Waals surface area contributed by atoms with E-state index in [0.29, 0.717) is 12.2 Å². The molecule has 2 heteroatoms. The van der Waals surface area contributed by atoms with Crippen LogP contribution in [0.4, 0.5) is 0 Å². The van der Waals surface area contributed by atoms with Crippen molar-refractivity contribution in [2.24, 2.45) is 5.92 Å². The Hall–Kier alpha value is -0.630.